The first kappa shape index (κ1) is 15.2. The first-order chi connectivity index (χ1) is 9.84. The molecule has 0 aliphatic carbocycles. The average Bonchev–Trinajstić information content (AvgIpc) is 2.81. The van der Waals surface area contributed by atoms with Crippen LogP contribution in [0.3, 0.4) is 0 Å². The van der Waals surface area contributed by atoms with E-state index >= 15 is 0 Å². The Kier molecular flexibility index (Phi) is 4.11. The molecule has 0 saturated heterocycles. The van der Waals surface area contributed by atoms with Crippen molar-refractivity contribution in [1.29, 1.82) is 0 Å². The van der Waals surface area contributed by atoms with Crippen LogP contribution in [0.4, 0.5) is 4.79 Å². The molecule has 0 radical (unpaired) electrons. The molecule has 1 amide bonds. The van der Waals surface area contributed by atoms with Gasteiger partial charge < -0.3 is 20.2 Å². The molecule has 0 saturated carbocycles. The fraction of sp³-hybridized carbons (Fsp3) is 0.438. The molecule has 0 aliphatic heterocycles. The number of rotatable bonds is 4. The van der Waals surface area contributed by atoms with Crippen molar-refractivity contribution in [2.24, 2.45) is 11.1 Å². The minimum atomic E-state index is -0.754. The number of H-pyrrole nitrogens is 1. The van der Waals surface area contributed by atoms with E-state index in [-0.39, 0.29) is 17.9 Å². The normalized spacial score (nSPS) is 13.1. The van der Waals surface area contributed by atoms with Crippen LogP contribution in [-0.4, -0.2) is 24.8 Å². The van der Waals surface area contributed by atoms with E-state index in [1.54, 1.807) is 7.11 Å². The highest BCUT2D eigenvalue weighted by Crippen LogP contribution is 2.41. The molecular formula is C16H22N2O3. The topological polar surface area (TPSA) is 77.3 Å². The minimum Gasteiger partial charge on any atom is -0.496 e. The third-order valence-corrected chi connectivity index (χ3v) is 3.73. The number of aromatic amines is 1. The van der Waals surface area contributed by atoms with Crippen molar-refractivity contribution in [3.63, 3.8) is 0 Å². The number of carbonyl (C=O) groups excluding carboxylic acids is 1. The lowest BCUT2D eigenvalue weighted by Crippen LogP contribution is -2.26. The van der Waals surface area contributed by atoms with Crippen LogP contribution in [0.15, 0.2) is 24.4 Å². The maximum Gasteiger partial charge on any atom is 0.404 e. The molecule has 0 fully saturated rings. The summed E-state index contributed by atoms with van der Waals surface area (Å²) in [5.41, 5.74) is 7.08. The second-order valence-electron chi connectivity index (χ2n) is 6.18. The Balaban J connectivity index is 2.52. The molecule has 21 heavy (non-hydrogen) atoms. The largest absolute Gasteiger partial charge is 0.496 e. The predicted molar refractivity (Wildman–Crippen MR) is 82.6 cm³/mol. The number of ether oxygens (including phenoxy) is 2. The molecule has 1 atom stereocenters. The van der Waals surface area contributed by atoms with Gasteiger partial charge in [-0.2, -0.15) is 0 Å². The van der Waals surface area contributed by atoms with Crippen molar-refractivity contribution in [1.82, 2.24) is 4.98 Å². The van der Waals surface area contributed by atoms with Crippen molar-refractivity contribution >= 4 is 17.0 Å². The Bertz CT molecular complexity index is 640. The van der Waals surface area contributed by atoms with Crippen LogP contribution in [0, 0.1) is 5.41 Å². The van der Waals surface area contributed by atoms with Gasteiger partial charge >= 0.3 is 6.09 Å². The molecule has 0 bridgehead atoms. The van der Waals surface area contributed by atoms with Gasteiger partial charge in [0, 0.05) is 23.0 Å². The first-order valence-electron chi connectivity index (χ1n) is 6.90. The smallest absolute Gasteiger partial charge is 0.404 e. The fourth-order valence-electron chi connectivity index (χ4n) is 2.59. The third-order valence-electron chi connectivity index (χ3n) is 3.73. The predicted octanol–water partition coefficient (Wildman–Crippen LogP) is 3.40. The number of hydrogen-bond acceptors (Lipinski definition) is 3. The summed E-state index contributed by atoms with van der Waals surface area (Å²) in [5, 5.41) is 1.02. The Labute approximate surface area is 124 Å². The molecule has 1 aromatic carbocycles. The van der Waals surface area contributed by atoms with Gasteiger partial charge in [-0.1, -0.05) is 26.8 Å². The van der Waals surface area contributed by atoms with Crippen LogP contribution >= 0.6 is 0 Å². The molecule has 1 unspecified atom stereocenters. The zero-order chi connectivity index (χ0) is 15.6. The van der Waals surface area contributed by atoms with Crippen LogP contribution in [0.2, 0.25) is 0 Å². The number of methoxy groups -OCH3 is 1. The quantitative estimate of drug-likeness (QED) is 0.906. The van der Waals surface area contributed by atoms with Gasteiger partial charge in [-0.25, -0.2) is 4.79 Å². The summed E-state index contributed by atoms with van der Waals surface area (Å²) < 4.78 is 10.5. The van der Waals surface area contributed by atoms with Crippen molar-refractivity contribution in [2.45, 2.75) is 26.7 Å². The Morgan fingerprint density at radius 2 is 2.10 bits per heavy atom. The lowest BCUT2D eigenvalue weighted by atomic mass is 9.77. The third kappa shape index (κ3) is 3.12. The van der Waals surface area contributed by atoms with Crippen molar-refractivity contribution in [2.75, 3.05) is 13.7 Å². The lowest BCUT2D eigenvalue weighted by Gasteiger charge is -2.30. The maximum absolute atomic E-state index is 11.0. The van der Waals surface area contributed by atoms with Crippen LogP contribution < -0.4 is 10.5 Å². The summed E-state index contributed by atoms with van der Waals surface area (Å²) >= 11 is 0. The average molecular weight is 290 g/mol. The molecule has 1 aromatic heterocycles. The van der Waals surface area contributed by atoms with Gasteiger partial charge in [0.15, 0.2) is 0 Å². The van der Waals surface area contributed by atoms with Crippen LogP contribution in [0.5, 0.6) is 5.75 Å². The molecule has 114 valence electrons. The second-order valence-corrected chi connectivity index (χ2v) is 6.18. The van der Waals surface area contributed by atoms with E-state index in [4.69, 9.17) is 15.2 Å². The molecular weight excluding hydrogens is 268 g/mol. The highest BCUT2D eigenvalue weighted by Gasteiger charge is 2.30. The van der Waals surface area contributed by atoms with Crippen LogP contribution in [0.1, 0.15) is 32.3 Å². The van der Waals surface area contributed by atoms with Gasteiger partial charge in [0.25, 0.3) is 0 Å². The van der Waals surface area contributed by atoms with Crippen LogP contribution in [0.25, 0.3) is 10.9 Å². The molecule has 0 aliphatic rings. The number of primary amides is 1. The number of carbonyl (C=O) groups is 1. The molecule has 5 heteroatoms. The summed E-state index contributed by atoms with van der Waals surface area (Å²) in [5.74, 6) is 0.812. The van der Waals surface area contributed by atoms with E-state index in [1.165, 1.54) is 0 Å². The van der Waals surface area contributed by atoms with Gasteiger partial charge in [-0.15, -0.1) is 0 Å². The van der Waals surface area contributed by atoms with E-state index in [0.29, 0.717) is 0 Å². The zero-order valence-electron chi connectivity index (χ0n) is 12.9. The van der Waals surface area contributed by atoms with Gasteiger partial charge in [0.05, 0.1) is 7.11 Å². The van der Waals surface area contributed by atoms with Gasteiger partial charge in [0.2, 0.25) is 0 Å². The second kappa shape index (κ2) is 5.68. The highest BCUT2D eigenvalue weighted by atomic mass is 16.5. The summed E-state index contributed by atoms with van der Waals surface area (Å²) in [6, 6.07) is 5.86. The van der Waals surface area contributed by atoms with E-state index in [0.717, 1.165) is 22.2 Å². The van der Waals surface area contributed by atoms with Gasteiger partial charge in [-0.3, -0.25) is 0 Å². The van der Waals surface area contributed by atoms with Gasteiger partial charge in [-0.05, 0) is 23.1 Å². The highest BCUT2D eigenvalue weighted by molar-refractivity contribution is 5.90. The minimum absolute atomic E-state index is 0.00931. The molecule has 0 spiro atoms. The van der Waals surface area contributed by atoms with Crippen molar-refractivity contribution < 1.29 is 14.3 Å². The summed E-state index contributed by atoms with van der Waals surface area (Å²) in [6.07, 6.45) is 1.20. The SMILES string of the molecule is COc1cccc2[nH]cc(C(COC(N)=O)C(C)(C)C)c12. The Hall–Kier alpha value is -2.17. The van der Waals surface area contributed by atoms with Crippen molar-refractivity contribution in [3.8, 4) is 5.75 Å². The summed E-state index contributed by atoms with van der Waals surface area (Å²) in [4.78, 5) is 14.2. The maximum atomic E-state index is 11.0. The number of hydrogen-bond donors (Lipinski definition) is 2. The number of aromatic nitrogens is 1. The monoisotopic (exact) mass is 290 g/mol. The molecule has 3 N–H and O–H groups in total. The summed E-state index contributed by atoms with van der Waals surface area (Å²) in [7, 11) is 1.65. The van der Waals surface area contributed by atoms with E-state index in [2.05, 4.69) is 25.8 Å². The van der Waals surface area contributed by atoms with E-state index < -0.39 is 6.09 Å². The van der Waals surface area contributed by atoms with Gasteiger partial charge in [0.1, 0.15) is 12.4 Å². The molecule has 1 heterocycles. The number of fused-ring (bicyclic) bond motifs is 1. The number of nitrogens with one attached hydrogen (secondary N) is 1. The number of nitrogens with two attached hydrogens (primary N) is 1. The number of amides is 1. The lowest BCUT2D eigenvalue weighted by molar-refractivity contribution is 0.126. The van der Waals surface area contributed by atoms with E-state index in [9.17, 15) is 4.79 Å². The summed E-state index contributed by atoms with van der Waals surface area (Å²) in [6.45, 7) is 6.56. The number of benzene rings is 1. The van der Waals surface area contributed by atoms with Crippen LogP contribution in [-0.2, 0) is 4.74 Å². The standard InChI is InChI=1S/C16H22N2O3/c1-16(2,3)11(9-21-15(17)19)10-8-18-12-6-5-7-13(20-4)14(10)12/h5-8,11,18H,9H2,1-4H3,(H2,17,19). The first-order valence-corrected chi connectivity index (χ1v) is 6.90. The van der Waals surface area contributed by atoms with E-state index in [1.807, 2.05) is 24.4 Å². The molecule has 2 rings (SSSR count). The van der Waals surface area contributed by atoms with Crippen molar-refractivity contribution in [3.05, 3.63) is 30.0 Å². The Morgan fingerprint density at radius 3 is 2.67 bits per heavy atom. The fourth-order valence-corrected chi connectivity index (χ4v) is 2.59. The zero-order valence-corrected chi connectivity index (χ0v) is 12.9. The molecule has 5 nitrogen and oxygen atoms in total. The Morgan fingerprint density at radius 1 is 1.38 bits per heavy atom. The molecule has 2 aromatic rings.